The van der Waals surface area contributed by atoms with Crippen molar-refractivity contribution in [3.8, 4) is 0 Å². The lowest BCUT2D eigenvalue weighted by atomic mass is 10.1. The Morgan fingerprint density at radius 2 is 1.79 bits per heavy atom. The van der Waals surface area contributed by atoms with E-state index in [1.807, 2.05) is 18.2 Å². The van der Waals surface area contributed by atoms with Crippen molar-refractivity contribution in [2.75, 3.05) is 26.7 Å². The van der Waals surface area contributed by atoms with Gasteiger partial charge in [-0.15, -0.1) is 0 Å². The van der Waals surface area contributed by atoms with Gasteiger partial charge in [0.05, 0.1) is 12.7 Å². The summed E-state index contributed by atoms with van der Waals surface area (Å²) < 4.78 is 9.86. The first-order valence-electron chi connectivity index (χ1n) is 9.05. The maximum Gasteiger partial charge on any atom is 0.417 e. The van der Waals surface area contributed by atoms with Crippen LogP contribution in [0.5, 0.6) is 0 Å². The van der Waals surface area contributed by atoms with Crippen LogP contribution >= 0.6 is 0 Å². The first-order chi connectivity index (χ1) is 13.6. The van der Waals surface area contributed by atoms with E-state index >= 15 is 0 Å². The zero-order chi connectivity index (χ0) is 19.9. The van der Waals surface area contributed by atoms with E-state index in [-0.39, 0.29) is 6.54 Å². The van der Waals surface area contributed by atoms with Crippen LogP contribution in [0.25, 0.3) is 0 Å². The molecule has 7 heteroatoms. The second-order valence-corrected chi connectivity index (χ2v) is 6.35. The molecule has 0 radical (unpaired) electrons. The Kier molecular flexibility index (Phi) is 6.39. The molecule has 1 saturated heterocycles. The van der Waals surface area contributed by atoms with Crippen LogP contribution in [0, 0.1) is 0 Å². The lowest BCUT2D eigenvalue weighted by Gasteiger charge is -2.12. The Bertz CT molecular complexity index is 836. The molecule has 1 atom stereocenters. The highest BCUT2D eigenvalue weighted by Gasteiger charge is 2.41. The lowest BCUT2D eigenvalue weighted by molar-refractivity contribution is -0.129. The van der Waals surface area contributed by atoms with Gasteiger partial charge >= 0.3 is 12.1 Å². The number of imide groups is 1. The Balaban J connectivity index is 1.50. The number of hydrogen-bond donors (Lipinski definition) is 1. The van der Waals surface area contributed by atoms with Gasteiger partial charge in [-0.25, -0.2) is 14.5 Å². The molecule has 0 saturated carbocycles. The van der Waals surface area contributed by atoms with Crippen LogP contribution in [0.15, 0.2) is 54.6 Å². The fourth-order valence-corrected chi connectivity index (χ4v) is 2.96. The highest BCUT2D eigenvalue weighted by molar-refractivity contribution is 6.00. The Morgan fingerprint density at radius 1 is 1.07 bits per heavy atom. The quantitative estimate of drug-likeness (QED) is 0.557. The molecule has 0 aromatic heterocycles. The van der Waals surface area contributed by atoms with Crippen molar-refractivity contribution in [3.05, 3.63) is 71.3 Å². The van der Waals surface area contributed by atoms with Crippen molar-refractivity contribution in [2.45, 2.75) is 12.5 Å². The van der Waals surface area contributed by atoms with Crippen molar-refractivity contribution >= 4 is 18.0 Å². The van der Waals surface area contributed by atoms with E-state index in [0.29, 0.717) is 17.7 Å². The second-order valence-electron chi connectivity index (χ2n) is 6.35. The molecule has 3 rings (SSSR count). The molecule has 0 bridgehead atoms. The first-order valence-corrected chi connectivity index (χ1v) is 9.05. The standard InChI is InChI=1S/C21H22N2O5/c1-27-20(25)17-9-7-16(8-10-17)18-19(24)23(21(26)28-18)14-13-22-12-11-15-5-3-2-4-6-15/h2-10,18,22H,11-14H2,1H3. The number of rotatable bonds is 8. The summed E-state index contributed by atoms with van der Waals surface area (Å²) in [6, 6.07) is 16.3. The number of nitrogens with zero attached hydrogens (tertiary/aromatic N) is 1. The molecular weight excluding hydrogens is 360 g/mol. The number of ether oxygens (including phenoxy) is 2. The van der Waals surface area contributed by atoms with Crippen molar-refractivity contribution in [3.63, 3.8) is 0 Å². The molecule has 7 nitrogen and oxygen atoms in total. The van der Waals surface area contributed by atoms with Crippen LogP contribution in [0.2, 0.25) is 0 Å². The van der Waals surface area contributed by atoms with Crippen LogP contribution in [-0.2, 0) is 20.7 Å². The van der Waals surface area contributed by atoms with Gasteiger partial charge in [0.25, 0.3) is 5.91 Å². The van der Waals surface area contributed by atoms with Gasteiger partial charge in [0.1, 0.15) is 0 Å². The van der Waals surface area contributed by atoms with E-state index in [1.54, 1.807) is 12.1 Å². The monoisotopic (exact) mass is 382 g/mol. The highest BCUT2D eigenvalue weighted by Crippen LogP contribution is 2.27. The molecule has 1 unspecified atom stereocenters. The number of esters is 1. The van der Waals surface area contributed by atoms with Crippen molar-refractivity contribution < 1.29 is 23.9 Å². The fraction of sp³-hybridized carbons (Fsp3) is 0.286. The minimum atomic E-state index is -0.983. The summed E-state index contributed by atoms with van der Waals surface area (Å²) in [5.74, 6) is -0.870. The SMILES string of the molecule is COC(=O)c1ccc(C2OC(=O)N(CCNCCc3ccccc3)C2=O)cc1. The molecular formula is C21H22N2O5. The normalized spacial score (nSPS) is 16.2. The highest BCUT2D eigenvalue weighted by atomic mass is 16.6. The fourth-order valence-electron chi connectivity index (χ4n) is 2.96. The van der Waals surface area contributed by atoms with Gasteiger partial charge < -0.3 is 14.8 Å². The summed E-state index contributed by atoms with van der Waals surface area (Å²) in [6.45, 7) is 1.48. The summed E-state index contributed by atoms with van der Waals surface area (Å²) in [6.07, 6.45) is -0.769. The van der Waals surface area contributed by atoms with Crippen LogP contribution in [0.4, 0.5) is 4.79 Å². The number of benzene rings is 2. The first kappa shape index (κ1) is 19.6. The van der Waals surface area contributed by atoms with Gasteiger partial charge in [-0.3, -0.25) is 4.79 Å². The third-order valence-electron chi connectivity index (χ3n) is 4.51. The van der Waals surface area contributed by atoms with Crippen molar-refractivity contribution in [2.24, 2.45) is 0 Å². The van der Waals surface area contributed by atoms with E-state index in [0.717, 1.165) is 17.9 Å². The number of hydrogen-bond acceptors (Lipinski definition) is 6. The molecule has 2 aromatic carbocycles. The van der Waals surface area contributed by atoms with Crippen LogP contribution in [0.1, 0.15) is 27.6 Å². The molecule has 1 fully saturated rings. The van der Waals surface area contributed by atoms with Gasteiger partial charge in [0.2, 0.25) is 6.10 Å². The zero-order valence-corrected chi connectivity index (χ0v) is 15.6. The third-order valence-corrected chi connectivity index (χ3v) is 4.51. The van der Waals surface area contributed by atoms with E-state index in [2.05, 4.69) is 22.2 Å². The third kappa shape index (κ3) is 4.55. The summed E-state index contributed by atoms with van der Waals surface area (Å²) in [5.41, 5.74) is 2.11. The van der Waals surface area contributed by atoms with Gasteiger partial charge in [0, 0.05) is 18.7 Å². The van der Waals surface area contributed by atoms with E-state index in [1.165, 1.54) is 24.8 Å². The van der Waals surface area contributed by atoms with Gasteiger partial charge in [0.15, 0.2) is 0 Å². The number of nitrogens with one attached hydrogen (secondary N) is 1. The number of carbonyl (C=O) groups excluding carboxylic acids is 3. The average Bonchev–Trinajstić information content (AvgIpc) is 3.02. The minimum Gasteiger partial charge on any atom is -0.465 e. The maximum atomic E-state index is 12.5. The maximum absolute atomic E-state index is 12.5. The smallest absolute Gasteiger partial charge is 0.417 e. The topological polar surface area (TPSA) is 84.9 Å². The lowest BCUT2D eigenvalue weighted by Crippen LogP contribution is -2.36. The van der Waals surface area contributed by atoms with E-state index < -0.39 is 24.1 Å². The molecule has 1 N–H and O–H groups in total. The van der Waals surface area contributed by atoms with Crippen LogP contribution < -0.4 is 5.32 Å². The second kappa shape index (κ2) is 9.14. The molecule has 1 aliphatic heterocycles. The molecule has 2 aromatic rings. The molecule has 0 aliphatic carbocycles. The van der Waals surface area contributed by atoms with E-state index in [4.69, 9.17) is 4.74 Å². The van der Waals surface area contributed by atoms with Gasteiger partial charge in [-0.05, 0) is 30.7 Å². The Hall–Kier alpha value is -3.19. The number of methoxy groups -OCH3 is 1. The summed E-state index contributed by atoms with van der Waals surface area (Å²) in [7, 11) is 1.30. The van der Waals surface area contributed by atoms with Gasteiger partial charge in [-0.1, -0.05) is 42.5 Å². The average molecular weight is 382 g/mol. The molecule has 146 valence electrons. The zero-order valence-electron chi connectivity index (χ0n) is 15.6. The predicted molar refractivity (Wildman–Crippen MR) is 102 cm³/mol. The summed E-state index contributed by atoms with van der Waals surface area (Å²) >= 11 is 0. The largest absolute Gasteiger partial charge is 0.465 e. The molecule has 1 aliphatic rings. The minimum absolute atomic E-state index is 0.239. The molecule has 1 heterocycles. The number of cyclic esters (lactones) is 1. The Morgan fingerprint density at radius 3 is 2.46 bits per heavy atom. The van der Waals surface area contributed by atoms with Crippen molar-refractivity contribution in [1.29, 1.82) is 0 Å². The summed E-state index contributed by atoms with van der Waals surface area (Å²) in [5, 5.41) is 3.23. The molecule has 2 amide bonds. The van der Waals surface area contributed by atoms with E-state index in [9.17, 15) is 14.4 Å². The number of carbonyl (C=O) groups is 3. The van der Waals surface area contributed by atoms with Crippen LogP contribution in [0.3, 0.4) is 0 Å². The predicted octanol–water partition coefficient (Wildman–Crippen LogP) is 2.33. The number of amides is 2. The molecule has 0 spiro atoms. The summed E-state index contributed by atoms with van der Waals surface area (Å²) in [4.78, 5) is 37.2. The molecule has 28 heavy (non-hydrogen) atoms. The van der Waals surface area contributed by atoms with Crippen LogP contribution in [-0.4, -0.2) is 49.6 Å². The van der Waals surface area contributed by atoms with Crippen molar-refractivity contribution in [1.82, 2.24) is 10.2 Å². The Labute approximate surface area is 163 Å². The van der Waals surface area contributed by atoms with Gasteiger partial charge in [-0.2, -0.15) is 0 Å².